The van der Waals surface area contributed by atoms with Crippen LogP contribution in [0.15, 0.2) is 16.8 Å². The van der Waals surface area contributed by atoms with E-state index in [1.807, 2.05) is 0 Å². The first-order valence-electron chi connectivity index (χ1n) is 5.72. The fourth-order valence-corrected chi connectivity index (χ4v) is 1.53. The van der Waals surface area contributed by atoms with Crippen molar-refractivity contribution in [2.24, 2.45) is 0 Å². The van der Waals surface area contributed by atoms with E-state index in [0.29, 0.717) is 24.7 Å². The van der Waals surface area contributed by atoms with E-state index in [2.05, 4.69) is 20.4 Å². The maximum atomic E-state index is 12.5. The van der Waals surface area contributed by atoms with Crippen LogP contribution in [0.2, 0.25) is 0 Å². The van der Waals surface area contributed by atoms with Crippen molar-refractivity contribution >= 4 is 11.4 Å². The van der Waals surface area contributed by atoms with E-state index < -0.39 is 11.9 Å². The molecule has 0 aromatic carbocycles. The Kier molecular flexibility index (Phi) is 3.77. The number of nitrogens with one attached hydrogen (secondary N) is 1. The van der Waals surface area contributed by atoms with E-state index in [-0.39, 0.29) is 11.4 Å². The van der Waals surface area contributed by atoms with Gasteiger partial charge in [0, 0.05) is 19.9 Å². The van der Waals surface area contributed by atoms with Gasteiger partial charge in [0.2, 0.25) is 5.89 Å². The molecule has 2 rings (SSSR count). The van der Waals surface area contributed by atoms with Gasteiger partial charge < -0.3 is 15.6 Å². The zero-order valence-electron chi connectivity index (χ0n) is 10.5. The Morgan fingerprint density at radius 2 is 2.15 bits per heavy atom. The fourth-order valence-electron chi connectivity index (χ4n) is 1.53. The Hall–Kier alpha value is -2.32. The monoisotopic (exact) mass is 287 g/mol. The minimum atomic E-state index is -4.51. The van der Waals surface area contributed by atoms with Crippen LogP contribution in [-0.4, -0.2) is 21.7 Å². The molecule has 0 spiro atoms. The second-order valence-corrected chi connectivity index (χ2v) is 4.06. The minimum absolute atomic E-state index is 0.141. The first-order chi connectivity index (χ1) is 9.36. The average molecular weight is 287 g/mol. The Labute approximate surface area is 112 Å². The lowest BCUT2D eigenvalue weighted by atomic mass is 10.2. The van der Waals surface area contributed by atoms with Crippen LogP contribution in [0, 0.1) is 6.92 Å². The van der Waals surface area contributed by atoms with Crippen LogP contribution in [0.25, 0.3) is 0 Å². The van der Waals surface area contributed by atoms with Crippen LogP contribution in [0.4, 0.5) is 24.5 Å². The molecule has 0 saturated carbocycles. The van der Waals surface area contributed by atoms with Crippen LogP contribution in [-0.2, 0) is 12.6 Å². The highest BCUT2D eigenvalue weighted by Gasteiger charge is 2.32. The summed E-state index contributed by atoms with van der Waals surface area (Å²) >= 11 is 0. The molecule has 0 aliphatic carbocycles. The van der Waals surface area contributed by atoms with Gasteiger partial charge in [-0.05, 0) is 6.07 Å². The van der Waals surface area contributed by atoms with E-state index >= 15 is 0 Å². The first-order valence-corrected chi connectivity index (χ1v) is 5.72. The number of nitrogens with two attached hydrogens (primary N) is 1. The van der Waals surface area contributed by atoms with Crippen molar-refractivity contribution in [2.45, 2.75) is 19.5 Å². The largest absolute Gasteiger partial charge is 0.433 e. The van der Waals surface area contributed by atoms with Crippen LogP contribution in [0.1, 0.15) is 17.4 Å². The Balaban J connectivity index is 2.02. The van der Waals surface area contributed by atoms with Crippen LogP contribution in [0.5, 0.6) is 0 Å². The van der Waals surface area contributed by atoms with E-state index in [1.165, 1.54) is 0 Å². The van der Waals surface area contributed by atoms with Crippen molar-refractivity contribution in [3.63, 3.8) is 0 Å². The maximum absolute atomic E-state index is 12.5. The Morgan fingerprint density at radius 3 is 2.75 bits per heavy atom. The molecule has 9 heteroatoms. The topological polar surface area (TPSA) is 89.9 Å². The molecule has 20 heavy (non-hydrogen) atoms. The van der Waals surface area contributed by atoms with E-state index in [1.54, 1.807) is 6.92 Å². The van der Waals surface area contributed by atoms with E-state index in [9.17, 15) is 13.2 Å². The molecule has 2 aromatic rings. The molecule has 0 radical (unpaired) electrons. The summed E-state index contributed by atoms with van der Waals surface area (Å²) < 4.78 is 42.4. The molecule has 3 N–H and O–H groups in total. The van der Waals surface area contributed by atoms with Crippen LogP contribution < -0.4 is 11.1 Å². The number of hydrogen-bond acceptors (Lipinski definition) is 6. The summed E-state index contributed by atoms with van der Waals surface area (Å²) in [6.45, 7) is 1.98. The van der Waals surface area contributed by atoms with Gasteiger partial charge >= 0.3 is 6.18 Å². The lowest BCUT2D eigenvalue weighted by Crippen LogP contribution is -2.12. The molecular weight excluding hydrogens is 275 g/mol. The van der Waals surface area contributed by atoms with Crippen molar-refractivity contribution in [3.05, 3.63) is 29.7 Å². The number of anilines is 2. The summed E-state index contributed by atoms with van der Waals surface area (Å²) in [5.41, 5.74) is 4.89. The normalized spacial score (nSPS) is 11.6. The minimum Gasteiger partial charge on any atom is -0.396 e. The molecule has 0 unspecified atom stereocenters. The highest BCUT2D eigenvalue weighted by molar-refractivity contribution is 5.65. The lowest BCUT2D eigenvalue weighted by molar-refractivity contribution is -0.141. The van der Waals surface area contributed by atoms with Crippen molar-refractivity contribution in [1.29, 1.82) is 0 Å². The van der Waals surface area contributed by atoms with E-state index in [4.69, 9.17) is 10.3 Å². The first kappa shape index (κ1) is 14.1. The van der Waals surface area contributed by atoms with Gasteiger partial charge in [-0.2, -0.15) is 18.2 Å². The number of hydrogen-bond donors (Lipinski definition) is 2. The Bertz CT molecular complexity index is 596. The van der Waals surface area contributed by atoms with Gasteiger partial charge in [-0.25, -0.2) is 4.98 Å². The molecule has 0 amide bonds. The molecule has 2 aromatic heterocycles. The summed E-state index contributed by atoms with van der Waals surface area (Å²) in [5.74, 6) is 0.904. The van der Waals surface area contributed by atoms with Crippen molar-refractivity contribution in [2.75, 3.05) is 17.6 Å². The second kappa shape index (κ2) is 5.35. The predicted octanol–water partition coefficient (Wildman–Crippen LogP) is 2.03. The summed E-state index contributed by atoms with van der Waals surface area (Å²) in [7, 11) is 0. The molecule has 0 aliphatic rings. The number of pyridine rings is 1. The molecule has 108 valence electrons. The number of aromatic nitrogens is 3. The molecule has 0 aliphatic heterocycles. The number of nitrogen functional groups attached to an aromatic ring is 1. The highest BCUT2D eigenvalue weighted by Crippen LogP contribution is 2.30. The number of nitrogens with zero attached hydrogens (tertiary/aromatic N) is 3. The summed E-state index contributed by atoms with van der Waals surface area (Å²) in [4.78, 5) is 7.23. The summed E-state index contributed by atoms with van der Waals surface area (Å²) in [6.07, 6.45) is -3.13. The number of aryl methyl sites for hydroxylation is 1. The Morgan fingerprint density at radius 1 is 1.40 bits per heavy atom. The summed E-state index contributed by atoms with van der Waals surface area (Å²) in [5, 5.41) is 6.47. The predicted molar refractivity (Wildman–Crippen MR) is 64.9 cm³/mol. The van der Waals surface area contributed by atoms with Crippen LogP contribution >= 0.6 is 0 Å². The van der Waals surface area contributed by atoms with Crippen molar-refractivity contribution in [3.8, 4) is 0 Å². The van der Waals surface area contributed by atoms with Crippen LogP contribution in [0.3, 0.4) is 0 Å². The van der Waals surface area contributed by atoms with Gasteiger partial charge in [0.1, 0.15) is 5.69 Å². The lowest BCUT2D eigenvalue weighted by Gasteiger charge is -2.11. The summed E-state index contributed by atoms with van der Waals surface area (Å²) in [6, 6.07) is 0.872. The number of rotatable bonds is 4. The van der Waals surface area contributed by atoms with Gasteiger partial charge in [0.05, 0.1) is 17.6 Å². The fraction of sp³-hybridized carbons (Fsp3) is 0.364. The molecule has 0 fully saturated rings. The standard InChI is InChI=1S/C11H12F3N5O/c1-6-18-10(19-20-6)2-3-16-8-4-9(11(12,13)14)17-5-7(8)15/h4-5H,2-3,15H2,1H3,(H,16,17). The highest BCUT2D eigenvalue weighted by atomic mass is 19.4. The molecule has 0 bridgehead atoms. The third-order valence-corrected chi connectivity index (χ3v) is 2.46. The zero-order chi connectivity index (χ0) is 14.8. The third-order valence-electron chi connectivity index (χ3n) is 2.46. The van der Waals surface area contributed by atoms with Gasteiger partial charge in [-0.3, -0.25) is 0 Å². The van der Waals surface area contributed by atoms with Gasteiger partial charge in [0.25, 0.3) is 0 Å². The van der Waals surface area contributed by atoms with Gasteiger partial charge in [-0.1, -0.05) is 5.16 Å². The zero-order valence-corrected chi connectivity index (χ0v) is 10.5. The second-order valence-electron chi connectivity index (χ2n) is 4.06. The molecular formula is C11H12F3N5O. The average Bonchev–Trinajstić information content (AvgIpc) is 2.76. The molecule has 0 saturated heterocycles. The number of alkyl halides is 3. The van der Waals surface area contributed by atoms with E-state index in [0.717, 1.165) is 12.3 Å². The molecule has 0 atom stereocenters. The van der Waals surface area contributed by atoms with Gasteiger partial charge in [0.15, 0.2) is 5.82 Å². The molecule has 2 heterocycles. The van der Waals surface area contributed by atoms with Gasteiger partial charge in [-0.15, -0.1) is 0 Å². The third kappa shape index (κ3) is 3.37. The maximum Gasteiger partial charge on any atom is 0.433 e. The smallest absolute Gasteiger partial charge is 0.396 e. The number of halogens is 3. The van der Waals surface area contributed by atoms with Crippen molar-refractivity contribution in [1.82, 2.24) is 15.1 Å². The quantitative estimate of drug-likeness (QED) is 0.894. The molecule has 6 nitrogen and oxygen atoms in total. The SMILES string of the molecule is Cc1nc(CCNc2cc(C(F)(F)F)ncc2N)no1. The van der Waals surface area contributed by atoms with Crippen molar-refractivity contribution < 1.29 is 17.7 Å².